The quantitative estimate of drug-likeness (QED) is 0.777. The SMILES string of the molecule is CCSc1nc(-c2ccc(Cl)cc2)ns1. The van der Waals surface area contributed by atoms with Crippen LogP contribution in [0, 0.1) is 0 Å². The van der Waals surface area contributed by atoms with Crippen LogP contribution in [-0.4, -0.2) is 15.1 Å². The van der Waals surface area contributed by atoms with Crippen LogP contribution in [0.15, 0.2) is 28.6 Å². The van der Waals surface area contributed by atoms with Gasteiger partial charge in [0.05, 0.1) is 0 Å². The lowest BCUT2D eigenvalue weighted by Crippen LogP contribution is -1.79. The van der Waals surface area contributed by atoms with Gasteiger partial charge in [-0.2, -0.15) is 4.37 Å². The molecule has 0 amide bonds. The molecule has 0 bridgehead atoms. The van der Waals surface area contributed by atoms with Gasteiger partial charge in [-0.05, 0) is 41.6 Å². The molecule has 0 atom stereocenters. The highest BCUT2D eigenvalue weighted by molar-refractivity contribution is 8.00. The van der Waals surface area contributed by atoms with Gasteiger partial charge in [-0.25, -0.2) is 4.98 Å². The summed E-state index contributed by atoms with van der Waals surface area (Å²) in [4.78, 5) is 4.43. The second-order valence-corrected chi connectivity index (χ2v) is 5.52. The first-order valence-electron chi connectivity index (χ1n) is 4.52. The largest absolute Gasteiger partial charge is 0.208 e. The van der Waals surface area contributed by atoms with Crippen LogP contribution in [0.5, 0.6) is 0 Å². The van der Waals surface area contributed by atoms with Gasteiger partial charge in [0.1, 0.15) is 0 Å². The minimum absolute atomic E-state index is 0.733. The summed E-state index contributed by atoms with van der Waals surface area (Å²) in [6.45, 7) is 2.11. The Bertz CT molecular complexity index is 439. The van der Waals surface area contributed by atoms with Gasteiger partial charge in [-0.3, -0.25) is 0 Å². The maximum atomic E-state index is 5.81. The molecule has 0 radical (unpaired) electrons. The molecule has 2 aromatic rings. The second-order valence-electron chi connectivity index (χ2n) is 2.82. The van der Waals surface area contributed by atoms with Crippen molar-refractivity contribution in [2.75, 3.05) is 5.75 Å². The van der Waals surface area contributed by atoms with E-state index in [-0.39, 0.29) is 0 Å². The molecule has 0 aliphatic rings. The van der Waals surface area contributed by atoms with Crippen molar-refractivity contribution in [1.82, 2.24) is 9.36 Å². The molecule has 1 aromatic carbocycles. The van der Waals surface area contributed by atoms with Crippen molar-refractivity contribution in [1.29, 1.82) is 0 Å². The normalized spacial score (nSPS) is 10.5. The zero-order valence-corrected chi connectivity index (χ0v) is 10.5. The highest BCUT2D eigenvalue weighted by atomic mass is 35.5. The van der Waals surface area contributed by atoms with E-state index in [1.54, 1.807) is 11.8 Å². The predicted molar refractivity (Wildman–Crippen MR) is 66.8 cm³/mol. The van der Waals surface area contributed by atoms with Crippen molar-refractivity contribution in [3.8, 4) is 11.4 Å². The molecule has 0 fully saturated rings. The van der Waals surface area contributed by atoms with Crippen molar-refractivity contribution in [2.24, 2.45) is 0 Å². The van der Waals surface area contributed by atoms with Crippen LogP contribution < -0.4 is 0 Å². The number of hydrogen-bond acceptors (Lipinski definition) is 4. The first kappa shape index (κ1) is 10.9. The number of benzene rings is 1. The Morgan fingerprint density at radius 2 is 2.07 bits per heavy atom. The fourth-order valence-corrected chi connectivity index (χ4v) is 2.75. The summed E-state index contributed by atoms with van der Waals surface area (Å²) in [6, 6.07) is 7.57. The van der Waals surface area contributed by atoms with Crippen molar-refractivity contribution >= 4 is 34.9 Å². The van der Waals surface area contributed by atoms with Crippen molar-refractivity contribution < 1.29 is 0 Å². The van der Waals surface area contributed by atoms with E-state index in [1.807, 2.05) is 24.3 Å². The molecule has 0 saturated heterocycles. The highest BCUT2D eigenvalue weighted by Crippen LogP contribution is 2.25. The summed E-state index contributed by atoms with van der Waals surface area (Å²) < 4.78 is 5.32. The number of halogens is 1. The van der Waals surface area contributed by atoms with E-state index in [0.29, 0.717) is 0 Å². The Morgan fingerprint density at radius 1 is 1.33 bits per heavy atom. The second kappa shape index (κ2) is 4.96. The lowest BCUT2D eigenvalue weighted by molar-refractivity contribution is 1.22. The van der Waals surface area contributed by atoms with Crippen molar-refractivity contribution in [3.05, 3.63) is 29.3 Å². The summed E-state index contributed by atoms with van der Waals surface area (Å²) in [6.07, 6.45) is 0. The molecular formula is C10H9ClN2S2. The number of aromatic nitrogens is 2. The predicted octanol–water partition coefficient (Wildman–Crippen LogP) is 3.97. The minimum atomic E-state index is 0.733. The van der Waals surface area contributed by atoms with Crippen LogP contribution in [0.4, 0.5) is 0 Å². The van der Waals surface area contributed by atoms with Crippen LogP contribution in [0.1, 0.15) is 6.92 Å². The maximum absolute atomic E-state index is 5.81. The molecule has 1 aromatic heterocycles. The third-order valence-corrected chi connectivity index (χ3v) is 3.75. The molecule has 0 aliphatic carbocycles. The van der Waals surface area contributed by atoms with E-state index in [1.165, 1.54) is 11.5 Å². The maximum Gasteiger partial charge on any atom is 0.174 e. The number of rotatable bonds is 3. The average molecular weight is 257 g/mol. The lowest BCUT2D eigenvalue weighted by Gasteiger charge is -1.94. The topological polar surface area (TPSA) is 25.8 Å². The van der Waals surface area contributed by atoms with Crippen LogP contribution in [-0.2, 0) is 0 Å². The van der Waals surface area contributed by atoms with Crippen LogP contribution in [0.3, 0.4) is 0 Å². The number of hydrogen-bond donors (Lipinski definition) is 0. The smallest absolute Gasteiger partial charge is 0.174 e. The number of nitrogens with zero attached hydrogens (tertiary/aromatic N) is 2. The first-order chi connectivity index (χ1) is 7.29. The molecule has 0 N–H and O–H groups in total. The van der Waals surface area contributed by atoms with E-state index < -0.39 is 0 Å². The van der Waals surface area contributed by atoms with E-state index in [9.17, 15) is 0 Å². The summed E-state index contributed by atoms with van der Waals surface area (Å²) in [5, 5.41) is 0.733. The molecule has 0 aliphatic heterocycles. The van der Waals surface area contributed by atoms with Crippen LogP contribution >= 0.6 is 34.9 Å². The van der Waals surface area contributed by atoms with Gasteiger partial charge >= 0.3 is 0 Å². The third kappa shape index (κ3) is 2.71. The van der Waals surface area contributed by atoms with Gasteiger partial charge in [-0.15, -0.1) is 0 Å². The lowest BCUT2D eigenvalue weighted by atomic mass is 10.2. The van der Waals surface area contributed by atoms with Crippen molar-refractivity contribution in [3.63, 3.8) is 0 Å². The minimum Gasteiger partial charge on any atom is -0.208 e. The average Bonchev–Trinajstić information content (AvgIpc) is 2.68. The molecule has 5 heteroatoms. The van der Waals surface area contributed by atoms with Crippen LogP contribution in [0.2, 0.25) is 5.02 Å². The highest BCUT2D eigenvalue weighted by Gasteiger charge is 2.05. The molecule has 78 valence electrons. The summed E-state index contributed by atoms with van der Waals surface area (Å²) in [5.74, 6) is 1.81. The molecule has 0 unspecified atom stereocenters. The fourth-order valence-electron chi connectivity index (χ4n) is 1.11. The Balaban J connectivity index is 2.25. The molecule has 2 rings (SSSR count). The summed E-state index contributed by atoms with van der Waals surface area (Å²) in [7, 11) is 0. The Kier molecular flexibility index (Phi) is 3.61. The van der Waals surface area contributed by atoms with Gasteiger partial charge in [0.15, 0.2) is 10.2 Å². The van der Waals surface area contributed by atoms with E-state index in [4.69, 9.17) is 11.6 Å². The van der Waals surface area contributed by atoms with Gasteiger partial charge in [0.25, 0.3) is 0 Å². The molecule has 0 spiro atoms. The van der Waals surface area contributed by atoms with Gasteiger partial charge in [0, 0.05) is 10.6 Å². The third-order valence-electron chi connectivity index (χ3n) is 1.78. The van der Waals surface area contributed by atoms with Gasteiger partial charge in [0.2, 0.25) is 0 Å². The number of thioether (sulfide) groups is 1. The fraction of sp³-hybridized carbons (Fsp3) is 0.200. The Morgan fingerprint density at radius 3 is 2.73 bits per heavy atom. The Labute approximate surface area is 102 Å². The summed E-state index contributed by atoms with van der Waals surface area (Å²) in [5.41, 5.74) is 1.01. The van der Waals surface area contributed by atoms with E-state index >= 15 is 0 Å². The van der Waals surface area contributed by atoms with Crippen molar-refractivity contribution in [2.45, 2.75) is 11.3 Å². The Hall–Kier alpha value is -0.580. The van der Waals surface area contributed by atoms with E-state index in [0.717, 1.165) is 26.5 Å². The van der Waals surface area contributed by atoms with E-state index in [2.05, 4.69) is 16.3 Å². The van der Waals surface area contributed by atoms with Gasteiger partial charge in [-0.1, -0.05) is 30.3 Å². The molecular weight excluding hydrogens is 248 g/mol. The monoisotopic (exact) mass is 256 g/mol. The zero-order chi connectivity index (χ0) is 10.7. The van der Waals surface area contributed by atoms with Gasteiger partial charge < -0.3 is 0 Å². The molecule has 1 heterocycles. The molecule has 0 saturated carbocycles. The summed E-state index contributed by atoms with van der Waals surface area (Å²) >= 11 is 8.97. The molecule has 2 nitrogen and oxygen atoms in total. The zero-order valence-electron chi connectivity index (χ0n) is 8.11. The van der Waals surface area contributed by atoms with Crippen LogP contribution in [0.25, 0.3) is 11.4 Å². The standard InChI is InChI=1S/C10H9ClN2S2/c1-2-14-10-12-9(13-15-10)7-3-5-8(11)6-4-7/h3-6H,2H2,1H3. The molecule has 15 heavy (non-hydrogen) atoms. The first-order valence-corrected chi connectivity index (χ1v) is 6.65.